The molecule has 0 radical (unpaired) electrons. The van der Waals surface area contributed by atoms with E-state index < -0.39 is 5.92 Å². The number of halogens is 2. The summed E-state index contributed by atoms with van der Waals surface area (Å²) in [5.41, 5.74) is 3.02. The molecule has 1 heterocycles. The van der Waals surface area contributed by atoms with Gasteiger partial charge in [0.25, 0.3) is 5.92 Å². The van der Waals surface area contributed by atoms with Crippen molar-refractivity contribution in [2.75, 3.05) is 19.6 Å². The van der Waals surface area contributed by atoms with Gasteiger partial charge in [-0.3, -0.25) is 5.43 Å². The SMILES string of the molecule is CCNN1CCC(F)(F)CC1. The molecule has 0 aromatic rings. The highest BCUT2D eigenvalue weighted by atomic mass is 19.3. The summed E-state index contributed by atoms with van der Waals surface area (Å²) in [6.07, 6.45) is -0.0278. The number of hydrazine groups is 1. The molecular weight excluding hydrogens is 150 g/mol. The summed E-state index contributed by atoms with van der Waals surface area (Å²) in [5, 5.41) is 1.86. The first-order valence-corrected chi connectivity index (χ1v) is 4.00. The molecular formula is C7H14F2N2. The van der Waals surface area contributed by atoms with Crippen LogP contribution in [0, 0.1) is 0 Å². The number of hydrogen-bond donors (Lipinski definition) is 1. The lowest BCUT2D eigenvalue weighted by Crippen LogP contribution is -2.46. The predicted molar refractivity (Wildman–Crippen MR) is 39.4 cm³/mol. The third kappa shape index (κ3) is 2.71. The lowest BCUT2D eigenvalue weighted by atomic mass is 10.1. The Morgan fingerprint density at radius 1 is 1.36 bits per heavy atom. The van der Waals surface area contributed by atoms with Crippen LogP contribution in [0.25, 0.3) is 0 Å². The Balaban J connectivity index is 2.25. The Hall–Kier alpha value is -0.220. The number of nitrogens with zero attached hydrogens (tertiary/aromatic N) is 1. The minimum atomic E-state index is -2.42. The molecule has 1 saturated heterocycles. The van der Waals surface area contributed by atoms with Crippen LogP contribution in [0.2, 0.25) is 0 Å². The molecule has 0 saturated carbocycles. The van der Waals surface area contributed by atoms with E-state index >= 15 is 0 Å². The van der Waals surface area contributed by atoms with E-state index in [0.717, 1.165) is 6.54 Å². The first kappa shape index (κ1) is 8.87. The number of hydrogen-bond acceptors (Lipinski definition) is 2. The Bertz CT molecular complexity index is 118. The average Bonchev–Trinajstić information content (AvgIpc) is 1.94. The molecule has 4 heteroatoms. The van der Waals surface area contributed by atoms with E-state index in [4.69, 9.17) is 0 Å². The van der Waals surface area contributed by atoms with Crippen molar-refractivity contribution in [1.29, 1.82) is 0 Å². The lowest BCUT2D eigenvalue weighted by molar-refractivity contribution is -0.0650. The topological polar surface area (TPSA) is 15.3 Å². The molecule has 0 aromatic heterocycles. The fourth-order valence-corrected chi connectivity index (χ4v) is 1.22. The van der Waals surface area contributed by atoms with Crippen molar-refractivity contribution in [1.82, 2.24) is 10.4 Å². The first-order chi connectivity index (χ1) is 5.14. The van der Waals surface area contributed by atoms with Crippen molar-refractivity contribution in [3.05, 3.63) is 0 Å². The molecule has 1 aliphatic rings. The van der Waals surface area contributed by atoms with E-state index in [-0.39, 0.29) is 12.8 Å². The number of piperidine rings is 1. The van der Waals surface area contributed by atoms with Gasteiger partial charge in [-0.25, -0.2) is 13.8 Å². The highest BCUT2D eigenvalue weighted by Crippen LogP contribution is 2.26. The molecule has 0 aliphatic carbocycles. The second-order valence-corrected chi connectivity index (χ2v) is 2.85. The van der Waals surface area contributed by atoms with Crippen LogP contribution < -0.4 is 5.43 Å². The molecule has 0 aromatic carbocycles. The molecule has 2 nitrogen and oxygen atoms in total. The standard InChI is InChI=1S/C7H14F2N2/c1-2-10-11-5-3-7(8,9)4-6-11/h10H,2-6H2,1H3. The third-order valence-electron chi connectivity index (χ3n) is 1.88. The maximum atomic E-state index is 12.6. The molecule has 11 heavy (non-hydrogen) atoms. The molecule has 0 amide bonds. The quantitative estimate of drug-likeness (QED) is 0.660. The minimum Gasteiger partial charge on any atom is -0.255 e. The van der Waals surface area contributed by atoms with Gasteiger partial charge in [0.15, 0.2) is 0 Å². The fourth-order valence-electron chi connectivity index (χ4n) is 1.22. The molecule has 1 aliphatic heterocycles. The first-order valence-electron chi connectivity index (χ1n) is 4.00. The predicted octanol–water partition coefficient (Wildman–Crippen LogP) is 1.24. The summed E-state index contributed by atoms with van der Waals surface area (Å²) in [4.78, 5) is 0. The molecule has 0 spiro atoms. The van der Waals surface area contributed by atoms with Gasteiger partial charge >= 0.3 is 0 Å². The molecule has 0 atom stereocenters. The Labute approximate surface area is 65.5 Å². The smallest absolute Gasteiger partial charge is 0.250 e. The van der Waals surface area contributed by atoms with Crippen LogP contribution in [-0.2, 0) is 0 Å². The lowest BCUT2D eigenvalue weighted by Gasteiger charge is -2.31. The van der Waals surface area contributed by atoms with E-state index in [1.165, 1.54) is 0 Å². The molecule has 1 N–H and O–H groups in total. The zero-order chi connectivity index (χ0) is 8.32. The van der Waals surface area contributed by atoms with Crippen molar-refractivity contribution in [2.45, 2.75) is 25.7 Å². The van der Waals surface area contributed by atoms with Gasteiger partial charge in [0, 0.05) is 32.5 Å². The van der Waals surface area contributed by atoms with E-state index in [0.29, 0.717) is 13.1 Å². The van der Waals surface area contributed by atoms with Crippen molar-refractivity contribution in [2.24, 2.45) is 0 Å². The molecule has 66 valence electrons. The Kier molecular flexibility index (Phi) is 2.78. The zero-order valence-corrected chi connectivity index (χ0v) is 6.74. The van der Waals surface area contributed by atoms with Crippen molar-refractivity contribution >= 4 is 0 Å². The number of alkyl halides is 2. The van der Waals surface area contributed by atoms with Gasteiger partial charge in [-0.1, -0.05) is 6.92 Å². The average molecular weight is 164 g/mol. The van der Waals surface area contributed by atoms with Gasteiger partial charge in [0.05, 0.1) is 0 Å². The van der Waals surface area contributed by atoms with E-state index in [9.17, 15) is 8.78 Å². The van der Waals surface area contributed by atoms with E-state index in [2.05, 4.69) is 5.43 Å². The second-order valence-electron chi connectivity index (χ2n) is 2.85. The monoisotopic (exact) mass is 164 g/mol. The van der Waals surface area contributed by atoms with Crippen LogP contribution in [0.4, 0.5) is 8.78 Å². The molecule has 1 rings (SSSR count). The molecule has 0 unspecified atom stereocenters. The van der Waals surface area contributed by atoms with Crippen LogP contribution >= 0.6 is 0 Å². The summed E-state index contributed by atoms with van der Waals surface area (Å²) in [6, 6.07) is 0. The summed E-state index contributed by atoms with van der Waals surface area (Å²) in [5.74, 6) is -2.42. The van der Waals surface area contributed by atoms with Crippen molar-refractivity contribution < 1.29 is 8.78 Å². The summed E-state index contributed by atoms with van der Waals surface area (Å²) in [6.45, 7) is 3.69. The number of nitrogens with one attached hydrogen (secondary N) is 1. The second kappa shape index (κ2) is 3.45. The zero-order valence-electron chi connectivity index (χ0n) is 6.74. The number of rotatable bonds is 2. The van der Waals surface area contributed by atoms with Crippen LogP contribution in [0.5, 0.6) is 0 Å². The summed E-state index contributed by atoms with van der Waals surface area (Å²) in [7, 11) is 0. The van der Waals surface area contributed by atoms with E-state index in [1.807, 2.05) is 11.9 Å². The van der Waals surface area contributed by atoms with Crippen molar-refractivity contribution in [3.63, 3.8) is 0 Å². The highest BCUT2D eigenvalue weighted by Gasteiger charge is 2.33. The van der Waals surface area contributed by atoms with Gasteiger partial charge < -0.3 is 0 Å². The maximum Gasteiger partial charge on any atom is 0.250 e. The molecule has 0 bridgehead atoms. The van der Waals surface area contributed by atoms with E-state index in [1.54, 1.807) is 0 Å². The van der Waals surface area contributed by atoms with Crippen LogP contribution in [-0.4, -0.2) is 30.6 Å². The Morgan fingerprint density at radius 3 is 2.36 bits per heavy atom. The van der Waals surface area contributed by atoms with Gasteiger partial charge in [0.1, 0.15) is 0 Å². The van der Waals surface area contributed by atoms with Gasteiger partial charge in [0.2, 0.25) is 0 Å². The van der Waals surface area contributed by atoms with Gasteiger partial charge in [-0.05, 0) is 0 Å². The van der Waals surface area contributed by atoms with Gasteiger partial charge in [-0.15, -0.1) is 0 Å². The van der Waals surface area contributed by atoms with Crippen LogP contribution in [0.3, 0.4) is 0 Å². The largest absolute Gasteiger partial charge is 0.255 e. The third-order valence-corrected chi connectivity index (χ3v) is 1.88. The van der Waals surface area contributed by atoms with Crippen LogP contribution in [0.15, 0.2) is 0 Å². The maximum absolute atomic E-state index is 12.6. The van der Waals surface area contributed by atoms with Crippen molar-refractivity contribution in [3.8, 4) is 0 Å². The van der Waals surface area contributed by atoms with Crippen LogP contribution in [0.1, 0.15) is 19.8 Å². The normalized spacial score (nSPS) is 25.4. The minimum absolute atomic E-state index is 0.0139. The fraction of sp³-hybridized carbons (Fsp3) is 1.00. The summed E-state index contributed by atoms with van der Waals surface area (Å²) >= 11 is 0. The summed E-state index contributed by atoms with van der Waals surface area (Å²) < 4.78 is 25.1. The Morgan fingerprint density at radius 2 is 1.91 bits per heavy atom. The van der Waals surface area contributed by atoms with Gasteiger partial charge in [-0.2, -0.15) is 0 Å². The molecule has 1 fully saturated rings. The highest BCUT2D eigenvalue weighted by molar-refractivity contribution is 4.75.